The maximum Gasteiger partial charge on any atom is 0.217 e. The van der Waals surface area contributed by atoms with Crippen molar-refractivity contribution in [2.75, 3.05) is 26.2 Å². The van der Waals surface area contributed by atoms with E-state index in [0.717, 1.165) is 31.7 Å². The van der Waals surface area contributed by atoms with Gasteiger partial charge in [0.2, 0.25) is 5.95 Å². The van der Waals surface area contributed by atoms with Crippen molar-refractivity contribution in [3.05, 3.63) is 29.8 Å². The molecule has 0 bridgehead atoms. The third kappa shape index (κ3) is 3.01. The summed E-state index contributed by atoms with van der Waals surface area (Å²) >= 11 is 0. The zero-order chi connectivity index (χ0) is 13.8. The van der Waals surface area contributed by atoms with Gasteiger partial charge < -0.3 is 5.32 Å². The van der Waals surface area contributed by atoms with Crippen molar-refractivity contribution < 1.29 is 4.39 Å². The fourth-order valence-electron chi connectivity index (χ4n) is 3.78. The minimum Gasteiger partial charge on any atom is -0.314 e. The predicted molar refractivity (Wildman–Crippen MR) is 78.0 cm³/mol. The number of nitrogens with one attached hydrogen (secondary N) is 1. The second-order valence-corrected chi connectivity index (χ2v) is 6.01. The van der Waals surface area contributed by atoms with Gasteiger partial charge >= 0.3 is 0 Å². The number of piperazine rings is 1. The fraction of sp³-hybridized carbons (Fsp3) is 0.688. The van der Waals surface area contributed by atoms with E-state index in [2.05, 4.69) is 15.2 Å². The van der Waals surface area contributed by atoms with Crippen LogP contribution in [0, 0.1) is 11.9 Å². The Bertz CT molecular complexity index is 407. The fourth-order valence-corrected chi connectivity index (χ4v) is 3.78. The minimum atomic E-state index is -0.276. The van der Waals surface area contributed by atoms with Crippen LogP contribution in [0.15, 0.2) is 18.3 Å². The van der Waals surface area contributed by atoms with Crippen molar-refractivity contribution in [3.8, 4) is 0 Å². The Morgan fingerprint density at radius 1 is 1.20 bits per heavy atom. The van der Waals surface area contributed by atoms with Crippen molar-refractivity contribution in [2.24, 2.45) is 5.92 Å². The van der Waals surface area contributed by atoms with Gasteiger partial charge in [-0.3, -0.25) is 4.90 Å². The average Bonchev–Trinajstić information content (AvgIpc) is 2.52. The molecule has 1 aromatic rings. The Morgan fingerprint density at radius 3 is 2.65 bits per heavy atom. The molecule has 1 aliphatic carbocycles. The summed E-state index contributed by atoms with van der Waals surface area (Å²) in [5, 5.41) is 3.39. The summed E-state index contributed by atoms with van der Waals surface area (Å²) in [6.07, 6.45) is 7.91. The third-order valence-electron chi connectivity index (χ3n) is 4.75. The Hall–Kier alpha value is -1.00. The molecule has 0 radical (unpaired) electrons. The Kier molecular flexibility index (Phi) is 4.63. The summed E-state index contributed by atoms with van der Waals surface area (Å²) < 4.78 is 14.2. The quantitative estimate of drug-likeness (QED) is 0.861. The van der Waals surface area contributed by atoms with Crippen LogP contribution in [-0.4, -0.2) is 36.1 Å². The summed E-state index contributed by atoms with van der Waals surface area (Å²) in [6.45, 7) is 4.03. The first kappa shape index (κ1) is 14.0. The highest BCUT2D eigenvalue weighted by Gasteiger charge is 2.32. The van der Waals surface area contributed by atoms with E-state index >= 15 is 0 Å². The number of halogens is 1. The molecule has 20 heavy (non-hydrogen) atoms. The Balaban J connectivity index is 1.87. The number of aromatic nitrogens is 1. The molecule has 110 valence electrons. The molecule has 3 nitrogen and oxygen atoms in total. The summed E-state index contributed by atoms with van der Waals surface area (Å²) in [4.78, 5) is 6.35. The second-order valence-electron chi connectivity index (χ2n) is 6.01. The van der Waals surface area contributed by atoms with Crippen LogP contribution in [0.5, 0.6) is 0 Å². The maximum atomic E-state index is 14.2. The van der Waals surface area contributed by atoms with E-state index in [9.17, 15) is 4.39 Å². The summed E-state index contributed by atoms with van der Waals surface area (Å²) in [6, 6.07) is 4.02. The van der Waals surface area contributed by atoms with E-state index in [0.29, 0.717) is 5.92 Å². The normalized spacial score (nSPS) is 23.6. The minimum absolute atomic E-state index is 0.214. The standard InChI is InChI=1S/C16H24FN3/c17-16-14(7-4-8-19-16)15(13-5-2-1-3-6-13)20-11-9-18-10-12-20/h4,7-8,13,15,18H,1-3,5-6,9-12H2/t15-/m0/s1. The lowest BCUT2D eigenvalue weighted by atomic mass is 9.80. The lowest BCUT2D eigenvalue weighted by molar-refractivity contribution is 0.0999. The summed E-state index contributed by atoms with van der Waals surface area (Å²) in [7, 11) is 0. The molecule has 1 atom stereocenters. The number of hydrogen-bond donors (Lipinski definition) is 1. The van der Waals surface area contributed by atoms with E-state index in [1.807, 2.05) is 12.1 Å². The molecule has 1 saturated carbocycles. The number of nitrogens with zero attached hydrogens (tertiary/aromatic N) is 2. The lowest BCUT2D eigenvalue weighted by Gasteiger charge is -2.41. The molecule has 1 saturated heterocycles. The maximum absolute atomic E-state index is 14.2. The number of pyridine rings is 1. The topological polar surface area (TPSA) is 28.2 Å². The van der Waals surface area contributed by atoms with E-state index in [4.69, 9.17) is 0 Å². The van der Waals surface area contributed by atoms with Crippen molar-refractivity contribution in [3.63, 3.8) is 0 Å². The Labute approximate surface area is 120 Å². The molecule has 0 amide bonds. The molecule has 1 N–H and O–H groups in total. The van der Waals surface area contributed by atoms with Gasteiger partial charge in [-0.25, -0.2) is 4.98 Å². The zero-order valence-electron chi connectivity index (χ0n) is 12.0. The van der Waals surface area contributed by atoms with Gasteiger partial charge in [-0.1, -0.05) is 25.3 Å². The molecule has 0 aromatic carbocycles. The van der Waals surface area contributed by atoms with Gasteiger partial charge in [-0.2, -0.15) is 4.39 Å². The predicted octanol–water partition coefficient (Wildman–Crippen LogP) is 2.75. The first-order valence-electron chi connectivity index (χ1n) is 7.91. The van der Waals surface area contributed by atoms with Crippen LogP contribution in [0.25, 0.3) is 0 Å². The molecular formula is C16H24FN3. The van der Waals surface area contributed by atoms with Gasteiger partial charge in [-0.05, 0) is 24.8 Å². The largest absolute Gasteiger partial charge is 0.314 e. The monoisotopic (exact) mass is 277 g/mol. The lowest BCUT2D eigenvalue weighted by Crippen LogP contribution is -2.47. The second kappa shape index (κ2) is 6.64. The van der Waals surface area contributed by atoms with E-state index in [-0.39, 0.29) is 12.0 Å². The Morgan fingerprint density at radius 2 is 1.95 bits per heavy atom. The average molecular weight is 277 g/mol. The molecule has 0 spiro atoms. The molecule has 2 heterocycles. The first-order chi connectivity index (χ1) is 9.86. The van der Waals surface area contributed by atoms with Crippen molar-refractivity contribution >= 4 is 0 Å². The first-order valence-corrected chi connectivity index (χ1v) is 7.91. The molecule has 4 heteroatoms. The van der Waals surface area contributed by atoms with Crippen molar-refractivity contribution in [1.82, 2.24) is 15.2 Å². The molecule has 2 aliphatic rings. The van der Waals surface area contributed by atoms with Gasteiger partial charge in [0.05, 0.1) is 0 Å². The number of rotatable bonds is 3. The van der Waals surface area contributed by atoms with Crippen LogP contribution in [0.2, 0.25) is 0 Å². The van der Waals surface area contributed by atoms with Gasteiger partial charge in [0.1, 0.15) is 0 Å². The van der Waals surface area contributed by atoms with Gasteiger partial charge in [0.25, 0.3) is 0 Å². The highest BCUT2D eigenvalue weighted by Crippen LogP contribution is 2.38. The van der Waals surface area contributed by atoms with Crippen LogP contribution in [0.4, 0.5) is 4.39 Å². The molecular weight excluding hydrogens is 253 g/mol. The smallest absolute Gasteiger partial charge is 0.217 e. The van der Waals surface area contributed by atoms with Gasteiger partial charge in [-0.15, -0.1) is 0 Å². The molecule has 1 aromatic heterocycles. The highest BCUT2D eigenvalue weighted by molar-refractivity contribution is 5.17. The highest BCUT2D eigenvalue weighted by atomic mass is 19.1. The van der Waals surface area contributed by atoms with Crippen molar-refractivity contribution in [1.29, 1.82) is 0 Å². The van der Waals surface area contributed by atoms with Gasteiger partial charge in [0.15, 0.2) is 0 Å². The molecule has 1 aliphatic heterocycles. The van der Waals surface area contributed by atoms with Gasteiger partial charge in [0, 0.05) is 44.0 Å². The number of hydrogen-bond acceptors (Lipinski definition) is 3. The third-order valence-corrected chi connectivity index (χ3v) is 4.75. The van der Waals surface area contributed by atoms with Crippen LogP contribution < -0.4 is 5.32 Å². The summed E-state index contributed by atoms with van der Waals surface area (Å²) in [5.41, 5.74) is 0.807. The molecule has 3 rings (SSSR count). The van der Waals surface area contributed by atoms with Crippen molar-refractivity contribution in [2.45, 2.75) is 38.1 Å². The van der Waals surface area contributed by atoms with E-state index in [1.54, 1.807) is 6.20 Å². The zero-order valence-corrected chi connectivity index (χ0v) is 12.0. The van der Waals surface area contributed by atoms with E-state index in [1.165, 1.54) is 32.1 Å². The van der Waals surface area contributed by atoms with Crippen LogP contribution in [-0.2, 0) is 0 Å². The van der Waals surface area contributed by atoms with Crippen LogP contribution in [0.3, 0.4) is 0 Å². The molecule has 0 unspecified atom stereocenters. The van der Waals surface area contributed by atoms with E-state index < -0.39 is 0 Å². The SMILES string of the molecule is Fc1ncccc1[C@H](C1CCCCC1)N1CCNCC1. The van der Waals surface area contributed by atoms with Crippen LogP contribution >= 0.6 is 0 Å². The summed E-state index contributed by atoms with van der Waals surface area (Å²) in [5.74, 6) is 0.308. The molecule has 2 fully saturated rings. The van der Waals surface area contributed by atoms with Crippen LogP contribution in [0.1, 0.15) is 43.7 Å².